The number of hydrogen-bond acceptors (Lipinski definition) is 8. The third kappa shape index (κ3) is 4.58. The van der Waals surface area contributed by atoms with Gasteiger partial charge < -0.3 is 9.84 Å². The molecule has 2 aromatic heterocycles. The number of aryl methyl sites for hydroxylation is 1. The van der Waals surface area contributed by atoms with E-state index in [1.165, 1.54) is 21.9 Å². The Morgan fingerprint density at radius 2 is 1.55 bits per heavy atom. The molecule has 0 atom stereocenters. The first-order valence-corrected chi connectivity index (χ1v) is 9.31. The van der Waals surface area contributed by atoms with Gasteiger partial charge in [-0.25, -0.2) is 0 Å². The number of nitro benzene ring substituents is 3. The number of hydrogen-bond donors (Lipinski definition) is 1. The molecule has 0 aliphatic carbocycles. The van der Waals surface area contributed by atoms with E-state index >= 15 is 0 Å². The highest BCUT2D eigenvalue weighted by molar-refractivity contribution is 5.89. The molecule has 0 bridgehead atoms. The van der Waals surface area contributed by atoms with Crippen LogP contribution < -0.4 is 9.14 Å². The lowest BCUT2D eigenvalue weighted by Gasteiger charge is -2.04. The predicted molar refractivity (Wildman–Crippen MR) is 116 cm³/mol. The molecule has 12 nitrogen and oxygen atoms in total. The topological polar surface area (TPSA) is 163 Å². The summed E-state index contributed by atoms with van der Waals surface area (Å²) in [6.07, 6.45) is 4.21. The number of fused-ring (bicyclic) bond motifs is 2. The second kappa shape index (κ2) is 9.09. The largest absolute Gasteiger partial charge is 0.497 e. The molecule has 0 saturated heterocycles. The molecule has 0 amide bonds. The number of non-ortho nitro benzene ring substituents is 1. The fourth-order valence-corrected chi connectivity index (χ4v) is 3.26. The average Bonchev–Trinajstić information content (AvgIpc) is 2.79. The number of phenolic OH excluding ortho intramolecular Hbond substituents is 1. The van der Waals surface area contributed by atoms with Crippen LogP contribution in [0.3, 0.4) is 0 Å². The molecule has 2 heterocycles. The van der Waals surface area contributed by atoms with Crippen LogP contribution >= 0.6 is 0 Å². The smallest absolute Gasteiger partial charge is 0.324 e. The Hall–Kier alpha value is -4.87. The highest BCUT2D eigenvalue weighted by atomic mass is 16.6. The van der Waals surface area contributed by atoms with Crippen LogP contribution in [0.4, 0.5) is 17.1 Å². The fraction of sp³-hybridized carbons (Fsp3) is 0.0952. The molecule has 0 radical (unpaired) electrons. The van der Waals surface area contributed by atoms with Crippen molar-refractivity contribution >= 4 is 33.4 Å². The van der Waals surface area contributed by atoms with Crippen molar-refractivity contribution in [1.82, 2.24) is 0 Å². The van der Waals surface area contributed by atoms with Gasteiger partial charge in [0.05, 0.1) is 39.4 Å². The van der Waals surface area contributed by atoms with Crippen molar-refractivity contribution in [2.45, 2.75) is 6.92 Å². The number of methoxy groups -OCH3 is 1. The number of nitro groups is 3. The second-order valence-corrected chi connectivity index (χ2v) is 6.80. The van der Waals surface area contributed by atoms with Crippen LogP contribution in [0.2, 0.25) is 0 Å². The van der Waals surface area contributed by atoms with Crippen LogP contribution in [-0.2, 0) is 0 Å². The number of benzene rings is 2. The molecule has 0 spiro atoms. The van der Waals surface area contributed by atoms with Crippen molar-refractivity contribution < 1.29 is 29.0 Å². The Kier molecular flexibility index (Phi) is 6.29. The molecular weight excluding hydrogens is 436 g/mol. The Bertz CT molecular complexity index is 1390. The summed E-state index contributed by atoms with van der Waals surface area (Å²) in [5.41, 5.74) is -0.464. The van der Waals surface area contributed by atoms with Crippen molar-refractivity contribution in [3.05, 3.63) is 96.8 Å². The fourth-order valence-electron chi connectivity index (χ4n) is 3.26. The number of pyridine rings is 2. The summed E-state index contributed by atoms with van der Waals surface area (Å²) in [4.78, 5) is 27.8. The van der Waals surface area contributed by atoms with Gasteiger partial charge in [-0.15, -0.1) is 0 Å². The number of phenols is 1. The van der Waals surface area contributed by atoms with E-state index in [0.717, 1.165) is 5.75 Å². The maximum atomic E-state index is 10.4. The van der Waals surface area contributed by atoms with Crippen molar-refractivity contribution in [2.75, 3.05) is 7.11 Å². The molecule has 0 aliphatic heterocycles. The minimum atomic E-state index is -1.21. The summed E-state index contributed by atoms with van der Waals surface area (Å²) < 4.78 is 7.41. The molecule has 4 aromatic rings. The lowest BCUT2D eigenvalue weighted by atomic mass is 10.1. The summed E-state index contributed by atoms with van der Waals surface area (Å²) in [7, 11) is 1.70. The third-order valence-corrected chi connectivity index (χ3v) is 4.87. The summed E-state index contributed by atoms with van der Waals surface area (Å²) in [5, 5.41) is 42.7. The lowest BCUT2D eigenvalue weighted by molar-refractivity contribution is -0.510. The predicted octanol–water partition coefficient (Wildman–Crippen LogP) is 4.01. The summed E-state index contributed by atoms with van der Waals surface area (Å²) in [5.74, 6) is -0.312. The van der Waals surface area contributed by atoms with E-state index in [-0.39, 0.29) is 0 Å². The Balaban J connectivity index is 0.000000186. The van der Waals surface area contributed by atoms with Gasteiger partial charge in [0.2, 0.25) is 5.52 Å². The monoisotopic (exact) mass is 453 g/mol. The molecule has 0 unspecified atom stereocenters. The minimum absolute atomic E-state index is 0.447. The third-order valence-electron chi connectivity index (χ3n) is 4.87. The van der Waals surface area contributed by atoms with E-state index in [0.29, 0.717) is 12.1 Å². The maximum absolute atomic E-state index is 10.4. The molecule has 0 saturated carbocycles. The van der Waals surface area contributed by atoms with Crippen LogP contribution in [-0.4, -0.2) is 27.0 Å². The molecule has 12 heteroatoms. The number of aromatic nitrogens is 1. The van der Waals surface area contributed by atoms with E-state index in [2.05, 4.69) is 48.0 Å². The van der Waals surface area contributed by atoms with E-state index in [9.17, 15) is 30.3 Å². The van der Waals surface area contributed by atoms with Crippen LogP contribution in [0.1, 0.15) is 5.56 Å². The van der Waals surface area contributed by atoms with Gasteiger partial charge in [0.1, 0.15) is 5.75 Å². The van der Waals surface area contributed by atoms with Gasteiger partial charge in [-0.05, 0) is 36.6 Å². The van der Waals surface area contributed by atoms with Gasteiger partial charge in [-0.2, -0.15) is 4.40 Å². The second-order valence-electron chi connectivity index (χ2n) is 6.80. The molecule has 1 N–H and O–H groups in total. The zero-order valence-corrected chi connectivity index (χ0v) is 17.4. The van der Waals surface area contributed by atoms with Crippen molar-refractivity contribution in [1.29, 1.82) is 0 Å². The van der Waals surface area contributed by atoms with Crippen LogP contribution in [0.5, 0.6) is 11.5 Å². The van der Waals surface area contributed by atoms with E-state index in [1.54, 1.807) is 7.11 Å². The lowest BCUT2D eigenvalue weighted by Crippen LogP contribution is -2.21. The molecule has 0 fully saturated rings. The molecule has 168 valence electrons. The zero-order valence-electron chi connectivity index (χ0n) is 17.4. The molecule has 4 rings (SSSR count). The van der Waals surface area contributed by atoms with Crippen molar-refractivity contribution in [3.8, 4) is 11.5 Å². The first-order chi connectivity index (χ1) is 15.6. The van der Waals surface area contributed by atoms with E-state index < -0.39 is 37.6 Å². The van der Waals surface area contributed by atoms with Crippen molar-refractivity contribution in [3.63, 3.8) is 0 Å². The van der Waals surface area contributed by atoms with Gasteiger partial charge in [0.15, 0.2) is 12.4 Å². The summed E-state index contributed by atoms with van der Waals surface area (Å²) in [6.45, 7) is 2.16. The van der Waals surface area contributed by atoms with E-state index in [4.69, 9.17) is 9.84 Å². The summed E-state index contributed by atoms with van der Waals surface area (Å²) in [6, 6.07) is 13.3. The highest BCUT2D eigenvalue weighted by Crippen LogP contribution is 2.39. The van der Waals surface area contributed by atoms with Crippen molar-refractivity contribution in [2.24, 2.45) is 0 Å². The van der Waals surface area contributed by atoms with Gasteiger partial charge in [0.25, 0.3) is 11.4 Å². The highest BCUT2D eigenvalue weighted by Gasteiger charge is 2.30. The quantitative estimate of drug-likeness (QED) is 0.210. The Labute approximate surface area is 185 Å². The number of aromatic hydroxyl groups is 1. The van der Waals surface area contributed by atoms with Crippen LogP contribution in [0.15, 0.2) is 60.9 Å². The van der Waals surface area contributed by atoms with E-state index in [1.807, 2.05) is 12.1 Å². The standard InChI is InChI=1S/C15H14NO.C6H3N3O7/c1-11-14-7-6-13(17-2)9-12(14)10-16-8-4-3-5-15(11)16;10-6-4(8(13)14)1-3(7(11)12)2-5(6)9(15)16/h3-10H,1-2H3;1-2,10H/q+1;. The van der Waals surface area contributed by atoms with Gasteiger partial charge >= 0.3 is 11.4 Å². The SMILES string of the molecule is COc1ccc2c(C)c3cccc[n+]3cc2c1.O=[N+]([O-])c1cc([N+](=O)[O-])c(O)c([N+](=O)[O-])c1. The summed E-state index contributed by atoms with van der Waals surface area (Å²) >= 11 is 0. The number of ether oxygens (including phenoxy) is 1. The first-order valence-electron chi connectivity index (χ1n) is 9.31. The molecular formula is C21H17N4O8+. The average molecular weight is 453 g/mol. The normalized spacial score (nSPS) is 10.4. The molecule has 0 aliphatic rings. The Morgan fingerprint density at radius 3 is 2.09 bits per heavy atom. The van der Waals surface area contributed by atoms with Crippen LogP contribution in [0, 0.1) is 37.3 Å². The first kappa shape index (κ1) is 22.8. The molecule has 2 aromatic carbocycles. The van der Waals surface area contributed by atoms with Gasteiger partial charge in [-0.1, -0.05) is 0 Å². The van der Waals surface area contributed by atoms with Gasteiger partial charge in [0, 0.05) is 17.7 Å². The van der Waals surface area contributed by atoms with Gasteiger partial charge in [-0.3, -0.25) is 30.3 Å². The molecule has 33 heavy (non-hydrogen) atoms. The number of rotatable bonds is 4. The number of nitrogens with zero attached hydrogens (tertiary/aromatic N) is 4. The zero-order chi connectivity index (χ0) is 24.3. The maximum Gasteiger partial charge on any atom is 0.324 e. The van der Waals surface area contributed by atoms with Crippen LogP contribution in [0.25, 0.3) is 16.3 Å². The Morgan fingerprint density at radius 1 is 0.909 bits per heavy atom. The minimum Gasteiger partial charge on any atom is -0.497 e.